The number of carboxylic acid groups (broad SMARTS) is 1. The van der Waals surface area contributed by atoms with Crippen molar-refractivity contribution in [1.29, 1.82) is 0 Å². The summed E-state index contributed by atoms with van der Waals surface area (Å²) in [5.41, 5.74) is 1.36. The number of benzene rings is 2. The van der Waals surface area contributed by atoms with E-state index in [0.29, 0.717) is 24.2 Å². The molecule has 4 rings (SSSR count). The molecule has 19 nitrogen and oxygen atoms in total. The average Bonchev–Trinajstić information content (AvgIpc) is 3.93. The van der Waals surface area contributed by atoms with Crippen molar-refractivity contribution in [2.24, 2.45) is 5.41 Å². The summed E-state index contributed by atoms with van der Waals surface area (Å²) in [5, 5.41) is 17.9. The second kappa shape index (κ2) is 33.0. The van der Waals surface area contributed by atoms with E-state index in [1.165, 1.54) is 0 Å². The van der Waals surface area contributed by atoms with Crippen LogP contribution in [0, 0.1) is 17.0 Å². The number of hydrogen-bond acceptors (Lipinski definition) is 13. The van der Waals surface area contributed by atoms with Gasteiger partial charge in [-0.1, -0.05) is 70.3 Å². The van der Waals surface area contributed by atoms with E-state index >= 15 is 4.39 Å². The minimum absolute atomic E-state index is 0.00239. The smallest absolute Gasteiger partial charge is 0.407 e. The van der Waals surface area contributed by atoms with E-state index in [2.05, 4.69) is 29.1 Å². The van der Waals surface area contributed by atoms with Gasteiger partial charge in [0, 0.05) is 83.0 Å². The maximum Gasteiger partial charge on any atom is 0.407 e. The molecule has 6 amide bonds. The fraction of sp³-hybridized carbons (Fsp3) is 0.491. The van der Waals surface area contributed by atoms with Gasteiger partial charge in [0.1, 0.15) is 30.3 Å². The lowest BCUT2D eigenvalue weighted by molar-refractivity contribution is -0.141. The van der Waals surface area contributed by atoms with Crippen LogP contribution in [0.1, 0.15) is 50.9 Å². The van der Waals surface area contributed by atoms with Gasteiger partial charge in [0.05, 0.1) is 64.6 Å². The lowest BCUT2D eigenvalue weighted by atomic mass is 9.83. The second-order valence-corrected chi connectivity index (χ2v) is 21.2. The number of nitrogens with zero attached hydrogens (tertiary/aromatic N) is 3. The Morgan fingerprint density at radius 3 is 2.12 bits per heavy atom. The highest BCUT2D eigenvalue weighted by Crippen LogP contribution is 2.41. The second-order valence-electron chi connectivity index (χ2n) is 18.6. The van der Waals surface area contributed by atoms with E-state index in [1.807, 2.05) is 55.7 Å². The average molecular weight is 1100 g/mol. The zero-order valence-electron chi connectivity index (χ0n) is 43.7. The Morgan fingerprint density at radius 2 is 1.50 bits per heavy atom. The molecule has 2 aromatic carbocycles. The third-order valence-electron chi connectivity index (χ3n) is 11.5. The first kappa shape index (κ1) is 62.3. The van der Waals surface area contributed by atoms with Gasteiger partial charge < -0.3 is 54.2 Å². The molecular formula is C53H72F2N6O13SSi. The largest absolute Gasteiger partial charge is 0.480 e. The van der Waals surface area contributed by atoms with E-state index < -0.39 is 80.4 Å². The highest BCUT2D eigenvalue weighted by molar-refractivity contribution is 8.00. The van der Waals surface area contributed by atoms with Gasteiger partial charge in [0.25, 0.3) is 11.8 Å². The summed E-state index contributed by atoms with van der Waals surface area (Å²) in [6.45, 7) is 13.9. The number of carbonyl (C=O) groups is 7. The molecule has 1 aliphatic rings. The van der Waals surface area contributed by atoms with Crippen LogP contribution < -0.4 is 16.0 Å². The summed E-state index contributed by atoms with van der Waals surface area (Å²) < 4.78 is 59.2. The van der Waals surface area contributed by atoms with Gasteiger partial charge in [0.2, 0.25) is 17.7 Å². The fourth-order valence-corrected chi connectivity index (χ4v) is 9.74. The molecule has 0 aliphatic carbocycles. The standard InChI is InChI=1S/C53H72F2N6O13SSi/c1-6-40(36-76-5)74-52(69)57-18-10-20-60(50(53(2,3)4)44-29-38(41-30-39(54)13-14-42(41)55)32-59(44)31-37-11-8-7-9-12-37)49(66)35-75-34-43(51(67)68)58-45(62)17-21-70-23-25-72-27-28-73-26-24-71-22-19-56-46(63)33-61-47(64)15-16-48(61)65/h6-9,11-16,29-30,32,40,43,50H,1,10,17-28,31,33-36,76H2,2-5H3,(H,56,63)(H,57,69)(H,58,62)(H,67,68)/t40?,43-,50-/m0/s1. The summed E-state index contributed by atoms with van der Waals surface area (Å²) in [4.78, 5) is 90.0. The normalized spacial score (nSPS) is 13.7. The molecule has 3 aromatic rings. The Bertz CT molecular complexity index is 2410. The van der Waals surface area contributed by atoms with Crippen molar-refractivity contribution >= 4 is 62.9 Å². The SMILES string of the molecule is C=CC(C[SiH2]C)OC(=O)NCCCN(C(=O)CSC[C@H](NC(=O)CCOCCOCCOCCOCCNC(=O)CN1C(=O)C=CC1=O)C(=O)O)[C@@H](c1cc(-c2cc(F)ccc2F)cn1Cc1ccccc1)C(C)(C)C. The van der Waals surface area contributed by atoms with Gasteiger partial charge in [-0.15, -0.1) is 11.8 Å². The zero-order valence-corrected chi connectivity index (χ0v) is 46.0. The van der Waals surface area contributed by atoms with Crippen LogP contribution in [0.4, 0.5) is 13.6 Å². The van der Waals surface area contributed by atoms with Crippen molar-refractivity contribution in [2.75, 3.05) is 90.5 Å². The van der Waals surface area contributed by atoms with E-state index in [0.717, 1.165) is 58.6 Å². The van der Waals surface area contributed by atoms with Crippen molar-refractivity contribution in [3.05, 3.63) is 108 Å². The van der Waals surface area contributed by atoms with Crippen molar-refractivity contribution in [3.63, 3.8) is 0 Å². The van der Waals surface area contributed by atoms with Crippen LogP contribution in [0.3, 0.4) is 0 Å². The number of aliphatic carboxylic acids is 1. The highest BCUT2D eigenvalue weighted by atomic mass is 32.2. The third-order valence-corrected chi connectivity index (χ3v) is 13.7. The monoisotopic (exact) mass is 1100 g/mol. The number of imide groups is 1. The number of rotatable bonds is 36. The van der Waals surface area contributed by atoms with Crippen molar-refractivity contribution in [3.8, 4) is 11.1 Å². The molecular weight excluding hydrogens is 1030 g/mol. The molecule has 416 valence electrons. The fourth-order valence-electron chi connectivity index (χ4n) is 7.90. The predicted molar refractivity (Wildman–Crippen MR) is 285 cm³/mol. The topological polar surface area (TPSA) is 233 Å². The molecule has 0 bridgehead atoms. The molecule has 1 aliphatic heterocycles. The van der Waals surface area contributed by atoms with Gasteiger partial charge in [0.15, 0.2) is 0 Å². The van der Waals surface area contributed by atoms with Crippen LogP contribution in [0.15, 0.2) is 85.6 Å². The molecule has 0 saturated carbocycles. The molecule has 1 unspecified atom stereocenters. The lowest BCUT2D eigenvalue weighted by Crippen LogP contribution is -2.45. The molecule has 2 heterocycles. The van der Waals surface area contributed by atoms with E-state index in [-0.39, 0.29) is 108 Å². The van der Waals surface area contributed by atoms with E-state index in [9.17, 15) is 43.1 Å². The summed E-state index contributed by atoms with van der Waals surface area (Å²) in [6.07, 6.45) is 4.72. The first-order chi connectivity index (χ1) is 36.4. The Hall–Kier alpha value is -6.24. The van der Waals surface area contributed by atoms with Crippen LogP contribution in [-0.2, 0) is 59.0 Å². The minimum Gasteiger partial charge on any atom is -0.480 e. The first-order valence-corrected chi connectivity index (χ1v) is 28.8. The van der Waals surface area contributed by atoms with Gasteiger partial charge in [-0.25, -0.2) is 18.4 Å². The van der Waals surface area contributed by atoms with Crippen LogP contribution >= 0.6 is 11.8 Å². The van der Waals surface area contributed by atoms with Crippen molar-refractivity contribution in [2.45, 2.75) is 70.9 Å². The molecule has 0 saturated heterocycles. The Morgan fingerprint density at radius 1 is 0.855 bits per heavy atom. The van der Waals surface area contributed by atoms with Crippen LogP contribution in [0.25, 0.3) is 11.1 Å². The molecule has 4 N–H and O–H groups in total. The van der Waals surface area contributed by atoms with E-state index in [4.69, 9.17) is 23.7 Å². The molecule has 0 radical (unpaired) electrons. The maximum absolute atomic E-state index is 15.3. The van der Waals surface area contributed by atoms with Crippen molar-refractivity contribution in [1.82, 2.24) is 30.3 Å². The molecule has 3 atom stereocenters. The molecule has 76 heavy (non-hydrogen) atoms. The highest BCUT2D eigenvalue weighted by Gasteiger charge is 2.37. The number of amides is 6. The van der Waals surface area contributed by atoms with E-state index in [1.54, 1.807) is 23.2 Å². The van der Waals surface area contributed by atoms with Crippen LogP contribution in [0.2, 0.25) is 12.6 Å². The third kappa shape index (κ3) is 21.8. The summed E-state index contributed by atoms with van der Waals surface area (Å²) in [7, 11) is -0.407. The lowest BCUT2D eigenvalue weighted by Gasteiger charge is -2.41. The summed E-state index contributed by atoms with van der Waals surface area (Å²) in [6, 6.07) is 13.3. The number of aromatic nitrogens is 1. The molecule has 0 spiro atoms. The number of carboxylic acids is 1. The van der Waals surface area contributed by atoms with Gasteiger partial charge >= 0.3 is 12.1 Å². The predicted octanol–water partition coefficient (Wildman–Crippen LogP) is 4.50. The molecule has 0 fully saturated rings. The number of thioether (sulfide) groups is 1. The van der Waals surface area contributed by atoms with Crippen LogP contribution in [-0.4, -0.2) is 173 Å². The number of hydrogen-bond donors (Lipinski definition) is 4. The number of alkyl carbamates (subject to hydrolysis) is 1. The minimum atomic E-state index is -1.33. The van der Waals surface area contributed by atoms with Gasteiger partial charge in [-0.3, -0.25) is 28.9 Å². The first-order valence-electron chi connectivity index (χ1n) is 25.2. The Balaban J connectivity index is 1.28. The summed E-state index contributed by atoms with van der Waals surface area (Å²) in [5.74, 6) is -5.30. The Kier molecular flexibility index (Phi) is 27.1. The van der Waals surface area contributed by atoms with Crippen LogP contribution in [0.5, 0.6) is 0 Å². The van der Waals surface area contributed by atoms with Gasteiger partial charge in [-0.2, -0.15) is 0 Å². The Labute approximate surface area is 449 Å². The summed E-state index contributed by atoms with van der Waals surface area (Å²) >= 11 is 1.04. The zero-order chi connectivity index (χ0) is 55.5. The maximum atomic E-state index is 15.3. The number of nitrogens with one attached hydrogen (secondary N) is 3. The number of ether oxygens (including phenoxy) is 5. The van der Waals surface area contributed by atoms with Gasteiger partial charge in [-0.05, 0) is 47.7 Å². The number of carbonyl (C=O) groups excluding carboxylic acids is 6. The molecule has 23 heteroatoms. The van der Waals surface area contributed by atoms with Crippen molar-refractivity contribution < 1.29 is 71.1 Å². The molecule has 1 aromatic heterocycles. The quantitative estimate of drug-likeness (QED) is 0.0272. The number of halogens is 2.